The Bertz CT molecular complexity index is 378. The van der Waals surface area contributed by atoms with Gasteiger partial charge in [-0.1, -0.05) is 45.5 Å². The number of hydrogen-bond donors (Lipinski definition) is 0. The average Bonchev–Trinajstić information content (AvgIpc) is 2.46. The quantitative estimate of drug-likeness (QED) is 0.575. The summed E-state index contributed by atoms with van der Waals surface area (Å²) in [6.07, 6.45) is 2.32. The number of rotatable bonds is 0. The lowest BCUT2D eigenvalue weighted by Crippen LogP contribution is -2.11. The molecule has 0 radical (unpaired) electrons. The molecule has 0 spiro atoms. The maximum absolute atomic E-state index is 4.12. The molecule has 0 fully saturated rings. The summed E-state index contributed by atoms with van der Waals surface area (Å²) in [4.78, 5) is 0. The van der Waals surface area contributed by atoms with E-state index in [9.17, 15) is 0 Å². The van der Waals surface area contributed by atoms with E-state index in [0.717, 1.165) is 6.42 Å². The Labute approximate surface area is 86.7 Å². The highest BCUT2D eigenvalue weighted by molar-refractivity contribution is 5.71. The lowest BCUT2D eigenvalue weighted by Gasteiger charge is -2.20. The standard InChI is InChI=1S/C14H18/c1-10-5-6-11-7-8-12(9-13(10)11)14(2,3)4/h7-9H,1,5-6H2,2-4H3. The van der Waals surface area contributed by atoms with Crippen LogP contribution >= 0.6 is 0 Å². The summed E-state index contributed by atoms with van der Waals surface area (Å²) in [5.41, 5.74) is 5.85. The normalized spacial score (nSPS) is 15.8. The Morgan fingerprint density at radius 2 is 1.86 bits per heavy atom. The maximum atomic E-state index is 4.12. The highest BCUT2D eigenvalue weighted by Gasteiger charge is 2.19. The van der Waals surface area contributed by atoms with Crippen LogP contribution in [0.5, 0.6) is 0 Å². The SMILES string of the molecule is C=C1CCc2ccc(C(C)(C)C)cc21. The minimum atomic E-state index is 0.248. The summed E-state index contributed by atoms with van der Waals surface area (Å²) in [5, 5.41) is 0. The highest BCUT2D eigenvalue weighted by atomic mass is 14.2. The van der Waals surface area contributed by atoms with E-state index >= 15 is 0 Å². The van der Waals surface area contributed by atoms with Gasteiger partial charge < -0.3 is 0 Å². The van der Waals surface area contributed by atoms with Crippen LogP contribution in [0, 0.1) is 0 Å². The third kappa shape index (κ3) is 1.50. The lowest BCUT2D eigenvalue weighted by molar-refractivity contribution is 0.590. The molecule has 74 valence electrons. The molecule has 1 aromatic rings. The van der Waals surface area contributed by atoms with Crippen molar-refractivity contribution >= 4 is 5.57 Å². The van der Waals surface area contributed by atoms with Gasteiger partial charge in [0.15, 0.2) is 0 Å². The molecule has 0 heteroatoms. The number of allylic oxidation sites excluding steroid dienone is 1. The molecule has 0 aliphatic heterocycles. The second-order valence-electron chi connectivity index (χ2n) is 5.23. The second-order valence-corrected chi connectivity index (χ2v) is 5.23. The van der Waals surface area contributed by atoms with Crippen LogP contribution < -0.4 is 0 Å². The van der Waals surface area contributed by atoms with E-state index in [0.29, 0.717) is 0 Å². The fourth-order valence-electron chi connectivity index (χ4n) is 2.01. The van der Waals surface area contributed by atoms with Gasteiger partial charge in [-0.3, -0.25) is 0 Å². The van der Waals surface area contributed by atoms with E-state index in [1.165, 1.54) is 28.7 Å². The summed E-state index contributed by atoms with van der Waals surface area (Å²) >= 11 is 0. The molecule has 0 unspecified atom stereocenters. The second kappa shape index (κ2) is 2.98. The Balaban J connectivity index is 2.50. The van der Waals surface area contributed by atoms with Crippen molar-refractivity contribution in [2.24, 2.45) is 0 Å². The number of hydrogen-bond acceptors (Lipinski definition) is 0. The molecule has 0 aromatic heterocycles. The predicted molar refractivity (Wildman–Crippen MR) is 62.5 cm³/mol. The van der Waals surface area contributed by atoms with Gasteiger partial charge in [0.05, 0.1) is 0 Å². The van der Waals surface area contributed by atoms with E-state index in [1.807, 2.05) is 0 Å². The zero-order valence-corrected chi connectivity index (χ0v) is 9.35. The van der Waals surface area contributed by atoms with Gasteiger partial charge >= 0.3 is 0 Å². The molecule has 1 aliphatic rings. The Morgan fingerprint density at radius 3 is 2.50 bits per heavy atom. The molecule has 0 bridgehead atoms. The molecule has 1 aromatic carbocycles. The number of benzene rings is 1. The van der Waals surface area contributed by atoms with Gasteiger partial charge in [0.2, 0.25) is 0 Å². The van der Waals surface area contributed by atoms with Crippen LogP contribution in [0.2, 0.25) is 0 Å². The van der Waals surface area contributed by atoms with E-state index in [-0.39, 0.29) is 5.41 Å². The fraction of sp³-hybridized carbons (Fsp3) is 0.429. The van der Waals surface area contributed by atoms with Crippen LogP contribution in [0.15, 0.2) is 24.8 Å². The van der Waals surface area contributed by atoms with Crippen molar-refractivity contribution in [3.63, 3.8) is 0 Å². The Kier molecular flexibility index (Phi) is 2.02. The summed E-state index contributed by atoms with van der Waals surface area (Å²) in [7, 11) is 0. The van der Waals surface area contributed by atoms with Gasteiger partial charge in [0.1, 0.15) is 0 Å². The number of fused-ring (bicyclic) bond motifs is 1. The molecule has 0 amide bonds. The zero-order chi connectivity index (χ0) is 10.3. The van der Waals surface area contributed by atoms with Crippen LogP contribution in [-0.4, -0.2) is 0 Å². The van der Waals surface area contributed by atoms with E-state index in [2.05, 4.69) is 45.5 Å². The average molecular weight is 186 g/mol. The van der Waals surface area contributed by atoms with Crippen LogP contribution in [-0.2, 0) is 11.8 Å². The van der Waals surface area contributed by atoms with Crippen LogP contribution in [0.4, 0.5) is 0 Å². The van der Waals surface area contributed by atoms with E-state index in [1.54, 1.807) is 0 Å². The Hall–Kier alpha value is -1.04. The molecule has 0 saturated carbocycles. The van der Waals surface area contributed by atoms with Crippen molar-refractivity contribution < 1.29 is 0 Å². The van der Waals surface area contributed by atoms with Crippen molar-refractivity contribution in [2.75, 3.05) is 0 Å². The predicted octanol–water partition coefficient (Wildman–Crippen LogP) is 3.94. The molecule has 14 heavy (non-hydrogen) atoms. The monoisotopic (exact) mass is 186 g/mol. The first-order chi connectivity index (χ1) is 6.48. The first kappa shape index (κ1) is 9.51. The summed E-state index contributed by atoms with van der Waals surface area (Å²) in [6.45, 7) is 10.9. The van der Waals surface area contributed by atoms with E-state index < -0.39 is 0 Å². The molecule has 1 aliphatic carbocycles. The fourth-order valence-corrected chi connectivity index (χ4v) is 2.01. The van der Waals surface area contributed by atoms with Crippen molar-refractivity contribution in [2.45, 2.75) is 39.0 Å². The third-order valence-electron chi connectivity index (χ3n) is 3.05. The highest BCUT2D eigenvalue weighted by Crippen LogP contribution is 2.34. The maximum Gasteiger partial charge on any atom is -0.0132 e. The van der Waals surface area contributed by atoms with Gasteiger partial charge in [-0.25, -0.2) is 0 Å². The largest absolute Gasteiger partial charge is 0.0952 e. The molecular weight excluding hydrogens is 168 g/mol. The summed E-state index contributed by atoms with van der Waals surface area (Å²) in [5.74, 6) is 0. The minimum absolute atomic E-state index is 0.248. The lowest BCUT2D eigenvalue weighted by atomic mass is 9.85. The third-order valence-corrected chi connectivity index (χ3v) is 3.05. The molecule has 0 saturated heterocycles. The van der Waals surface area contributed by atoms with E-state index in [4.69, 9.17) is 0 Å². The van der Waals surface area contributed by atoms with Gasteiger partial charge in [0, 0.05) is 0 Å². The first-order valence-corrected chi connectivity index (χ1v) is 5.30. The van der Waals surface area contributed by atoms with Gasteiger partial charge in [-0.15, -0.1) is 0 Å². The van der Waals surface area contributed by atoms with Crippen LogP contribution in [0.1, 0.15) is 43.9 Å². The van der Waals surface area contributed by atoms with Gasteiger partial charge in [0.25, 0.3) is 0 Å². The smallest absolute Gasteiger partial charge is 0.0132 e. The molecular formula is C14H18. The zero-order valence-electron chi connectivity index (χ0n) is 9.35. The van der Waals surface area contributed by atoms with Crippen molar-refractivity contribution in [3.8, 4) is 0 Å². The van der Waals surface area contributed by atoms with Crippen molar-refractivity contribution in [1.82, 2.24) is 0 Å². The number of aryl methyl sites for hydroxylation is 1. The molecule has 0 N–H and O–H groups in total. The summed E-state index contributed by atoms with van der Waals surface area (Å²) < 4.78 is 0. The van der Waals surface area contributed by atoms with Gasteiger partial charge in [-0.05, 0) is 40.5 Å². The van der Waals surface area contributed by atoms with Crippen LogP contribution in [0.3, 0.4) is 0 Å². The van der Waals surface area contributed by atoms with Crippen molar-refractivity contribution in [1.29, 1.82) is 0 Å². The van der Waals surface area contributed by atoms with Crippen molar-refractivity contribution in [3.05, 3.63) is 41.5 Å². The summed E-state index contributed by atoms with van der Waals surface area (Å²) in [6, 6.07) is 6.86. The van der Waals surface area contributed by atoms with Gasteiger partial charge in [-0.2, -0.15) is 0 Å². The topological polar surface area (TPSA) is 0 Å². The molecule has 0 heterocycles. The Morgan fingerprint density at radius 1 is 1.14 bits per heavy atom. The molecule has 0 nitrogen and oxygen atoms in total. The molecule has 2 rings (SSSR count). The minimum Gasteiger partial charge on any atom is -0.0952 e. The van der Waals surface area contributed by atoms with Crippen LogP contribution in [0.25, 0.3) is 5.57 Å². The first-order valence-electron chi connectivity index (χ1n) is 5.30. The molecule has 0 atom stereocenters.